The second-order valence-electron chi connectivity index (χ2n) is 7.64. The van der Waals surface area contributed by atoms with Crippen molar-refractivity contribution in [3.8, 4) is 17.2 Å². The van der Waals surface area contributed by atoms with Crippen LogP contribution in [-0.2, 0) is 14.3 Å². The highest BCUT2D eigenvalue weighted by atomic mass is 16.5. The Hall–Kier alpha value is -3.52. The third kappa shape index (κ3) is 4.66. The molecule has 0 aliphatic carbocycles. The fraction of sp³-hybridized carbons (Fsp3) is 0.360. The molecular weight excluding hydrogens is 426 g/mol. The van der Waals surface area contributed by atoms with Crippen LogP contribution in [-0.4, -0.2) is 63.3 Å². The second-order valence-corrected chi connectivity index (χ2v) is 7.64. The number of hydrogen-bond acceptors (Lipinski definition) is 7. The monoisotopic (exact) mass is 455 g/mol. The summed E-state index contributed by atoms with van der Waals surface area (Å²) in [6.07, 6.45) is 0.537. The molecule has 176 valence electrons. The number of methoxy groups -OCH3 is 4. The van der Waals surface area contributed by atoms with E-state index in [-0.39, 0.29) is 17.9 Å². The van der Waals surface area contributed by atoms with Crippen molar-refractivity contribution >= 4 is 17.4 Å². The number of rotatable bonds is 9. The number of likely N-dealkylation sites (tertiary alicyclic amines) is 1. The van der Waals surface area contributed by atoms with E-state index >= 15 is 0 Å². The summed E-state index contributed by atoms with van der Waals surface area (Å²) in [7, 11) is 6.17. The fourth-order valence-electron chi connectivity index (χ4n) is 4.04. The Morgan fingerprint density at radius 2 is 1.61 bits per heavy atom. The molecule has 0 bridgehead atoms. The summed E-state index contributed by atoms with van der Waals surface area (Å²) < 4.78 is 21.1. The predicted octanol–water partition coefficient (Wildman–Crippen LogP) is 3.48. The lowest BCUT2D eigenvalue weighted by Crippen LogP contribution is -2.31. The third-order valence-corrected chi connectivity index (χ3v) is 5.68. The zero-order valence-corrected chi connectivity index (χ0v) is 19.5. The summed E-state index contributed by atoms with van der Waals surface area (Å²) in [5, 5.41) is 11.2. The molecule has 1 heterocycles. The number of ketones is 1. The average Bonchev–Trinajstić information content (AvgIpc) is 3.08. The largest absolute Gasteiger partial charge is 0.507 e. The summed E-state index contributed by atoms with van der Waals surface area (Å²) in [5.41, 5.74) is 1.86. The van der Waals surface area contributed by atoms with Gasteiger partial charge in [-0.25, -0.2) is 0 Å². The summed E-state index contributed by atoms with van der Waals surface area (Å²) in [6.45, 7) is 2.56. The molecule has 1 N–H and O–H groups in total. The maximum atomic E-state index is 13.1. The molecule has 3 rings (SSSR count). The van der Waals surface area contributed by atoms with Crippen molar-refractivity contribution in [1.82, 2.24) is 4.90 Å². The third-order valence-electron chi connectivity index (χ3n) is 5.68. The Kier molecular flexibility index (Phi) is 7.60. The smallest absolute Gasteiger partial charge is 0.295 e. The predicted molar refractivity (Wildman–Crippen MR) is 123 cm³/mol. The highest BCUT2D eigenvalue weighted by molar-refractivity contribution is 6.46. The molecule has 8 nitrogen and oxygen atoms in total. The lowest BCUT2D eigenvalue weighted by molar-refractivity contribution is -0.140. The van der Waals surface area contributed by atoms with Crippen molar-refractivity contribution in [1.29, 1.82) is 0 Å². The van der Waals surface area contributed by atoms with Crippen molar-refractivity contribution in [3.63, 3.8) is 0 Å². The van der Waals surface area contributed by atoms with E-state index in [1.807, 2.05) is 6.92 Å². The lowest BCUT2D eigenvalue weighted by atomic mass is 9.94. The molecule has 1 saturated heterocycles. The first-order valence-electron chi connectivity index (χ1n) is 10.5. The highest BCUT2D eigenvalue weighted by Crippen LogP contribution is 2.42. The van der Waals surface area contributed by atoms with Crippen molar-refractivity contribution in [3.05, 3.63) is 58.7 Å². The molecule has 2 aromatic rings. The summed E-state index contributed by atoms with van der Waals surface area (Å²) in [6, 6.07) is 9.48. The van der Waals surface area contributed by atoms with Crippen LogP contribution in [0.4, 0.5) is 0 Å². The van der Waals surface area contributed by atoms with Gasteiger partial charge in [0.25, 0.3) is 11.7 Å². The van der Waals surface area contributed by atoms with Crippen LogP contribution in [0.3, 0.4) is 0 Å². The number of hydrogen-bond donors (Lipinski definition) is 1. The van der Waals surface area contributed by atoms with Crippen LogP contribution in [0.2, 0.25) is 0 Å². The van der Waals surface area contributed by atoms with E-state index in [9.17, 15) is 14.7 Å². The topological polar surface area (TPSA) is 94.5 Å². The molecule has 0 spiro atoms. The van der Waals surface area contributed by atoms with E-state index in [0.29, 0.717) is 41.4 Å². The van der Waals surface area contributed by atoms with E-state index in [0.717, 1.165) is 5.56 Å². The quantitative estimate of drug-likeness (QED) is 0.268. The zero-order valence-electron chi connectivity index (χ0n) is 19.5. The number of amides is 1. The molecule has 1 fully saturated rings. The number of nitrogens with zero attached hydrogens (tertiary/aromatic N) is 1. The molecule has 1 amide bonds. The Morgan fingerprint density at radius 3 is 2.21 bits per heavy atom. The van der Waals surface area contributed by atoms with Crippen LogP contribution in [0.1, 0.15) is 29.2 Å². The average molecular weight is 456 g/mol. The Bertz CT molecular complexity index is 1080. The van der Waals surface area contributed by atoms with Gasteiger partial charge in [-0.05, 0) is 54.8 Å². The molecule has 1 unspecified atom stereocenters. The van der Waals surface area contributed by atoms with Gasteiger partial charge in [-0.2, -0.15) is 0 Å². The van der Waals surface area contributed by atoms with Gasteiger partial charge < -0.3 is 29.0 Å². The number of carbonyl (C=O) groups is 2. The molecule has 8 heteroatoms. The second kappa shape index (κ2) is 10.4. The molecular formula is C25H29NO7. The van der Waals surface area contributed by atoms with Crippen LogP contribution >= 0.6 is 0 Å². The highest BCUT2D eigenvalue weighted by Gasteiger charge is 2.46. The van der Waals surface area contributed by atoms with Gasteiger partial charge >= 0.3 is 0 Å². The molecule has 0 aromatic heterocycles. The van der Waals surface area contributed by atoms with E-state index in [2.05, 4.69) is 0 Å². The van der Waals surface area contributed by atoms with Crippen molar-refractivity contribution < 1.29 is 33.6 Å². The first-order valence-corrected chi connectivity index (χ1v) is 10.5. The summed E-state index contributed by atoms with van der Waals surface area (Å²) in [5.74, 6) is -0.0203. The summed E-state index contributed by atoms with van der Waals surface area (Å²) in [4.78, 5) is 27.6. The Morgan fingerprint density at radius 1 is 0.939 bits per heavy atom. The number of carbonyl (C=O) groups excluding carboxylic acids is 2. The van der Waals surface area contributed by atoms with Crippen molar-refractivity contribution in [2.45, 2.75) is 19.4 Å². The van der Waals surface area contributed by atoms with Crippen LogP contribution in [0.5, 0.6) is 17.2 Å². The lowest BCUT2D eigenvalue weighted by Gasteiger charge is -2.26. The van der Waals surface area contributed by atoms with Gasteiger partial charge in [0.05, 0.1) is 32.9 Å². The van der Waals surface area contributed by atoms with E-state index in [1.165, 1.54) is 19.1 Å². The SMILES string of the molecule is COCCCN1C(=O)C(=O)/C(=C(/O)c2ccc(OC)c(C)c2)C1c1ccc(OC)c(OC)c1. The molecule has 0 radical (unpaired) electrons. The van der Waals surface area contributed by atoms with Gasteiger partial charge in [0.15, 0.2) is 11.5 Å². The van der Waals surface area contributed by atoms with E-state index in [4.69, 9.17) is 18.9 Å². The first-order chi connectivity index (χ1) is 15.9. The van der Waals surface area contributed by atoms with Crippen molar-refractivity contribution in [2.75, 3.05) is 41.6 Å². The van der Waals surface area contributed by atoms with Crippen LogP contribution in [0, 0.1) is 6.92 Å². The van der Waals surface area contributed by atoms with Crippen LogP contribution < -0.4 is 14.2 Å². The molecule has 1 aliphatic rings. The minimum absolute atomic E-state index is 0.0224. The van der Waals surface area contributed by atoms with Gasteiger partial charge in [0.1, 0.15) is 11.5 Å². The number of aliphatic hydroxyl groups is 1. The van der Waals surface area contributed by atoms with Gasteiger partial charge in [-0.1, -0.05) is 6.07 Å². The molecule has 0 saturated carbocycles. The van der Waals surface area contributed by atoms with Crippen molar-refractivity contribution in [2.24, 2.45) is 0 Å². The summed E-state index contributed by atoms with van der Waals surface area (Å²) >= 11 is 0. The molecule has 1 atom stereocenters. The van der Waals surface area contributed by atoms with Crippen LogP contribution in [0.25, 0.3) is 5.76 Å². The van der Waals surface area contributed by atoms with E-state index < -0.39 is 17.7 Å². The standard InChI is InChI=1S/C25H29NO7/c1-15-13-17(8-9-18(15)31-3)23(27)21-22(16-7-10-19(32-4)20(14-16)33-5)26(11-6-12-30-2)25(29)24(21)28/h7-10,13-14,22,27H,6,11-12H2,1-5H3/b23-21+. The van der Waals surface area contributed by atoms with Gasteiger partial charge in [0, 0.05) is 25.8 Å². The minimum Gasteiger partial charge on any atom is -0.507 e. The fourth-order valence-corrected chi connectivity index (χ4v) is 4.04. The van der Waals surface area contributed by atoms with Gasteiger partial charge in [-0.3, -0.25) is 9.59 Å². The van der Waals surface area contributed by atoms with Gasteiger partial charge in [0.2, 0.25) is 0 Å². The maximum absolute atomic E-state index is 13.1. The number of benzene rings is 2. The molecule has 33 heavy (non-hydrogen) atoms. The number of Topliss-reactive ketones (excluding diaryl/α,β-unsaturated/α-hetero) is 1. The molecule has 1 aliphatic heterocycles. The Balaban J connectivity index is 2.17. The van der Waals surface area contributed by atoms with Gasteiger partial charge in [-0.15, -0.1) is 0 Å². The number of ether oxygens (including phenoxy) is 4. The first kappa shape index (κ1) is 24.1. The Labute approximate surface area is 193 Å². The molecule has 2 aromatic carbocycles. The van der Waals surface area contributed by atoms with E-state index in [1.54, 1.807) is 50.6 Å². The normalized spacial score (nSPS) is 17.4. The zero-order chi connectivity index (χ0) is 24.1. The van der Waals surface area contributed by atoms with Crippen LogP contribution in [0.15, 0.2) is 42.0 Å². The maximum Gasteiger partial charge on any atom is 0.295 e. The number of aliphatic hydroxyl groups excluding tert-OH is 1. The number of aryl methyl sites for hydroxylation is 1. The minimum atomic E-state index is -0.788.